The molecule has 0 aliphatic carbocycles. The molecule has 144 valence electrons. The van der Waals surface area contributed by atoms with Crippen LogP contribution in [-0.4, -0.2) is 26.5 Å². The fourth-order valence-corrected chi connectivity index (χ4v) is 3.72. The maximum atomic E-state index is 12.7. The Morgan fingerprint density at radius 1 is 1.15 bits per heavy atom. The van der Waals surface area contributed by atoms with E-state index >= 15 is 0 Å². The number of benzene rings is 2. The van der Waals surface area contributed by atoms with Gasteiger partial charge in [0.15, 0.2) is 0 Å². The summed E-state index contributed by atoms with van der Waals surface area (Å²) >= 11 is 5.96. The average molecular weight is 419 g/mol. The van der Waals surface area contributed by atoms with Crippen molar-refractivity contribution in [2.24, 2.45) is 10.3 Å². The van der Waals surface area contributed by atoms with Crippen molar-refractivity contribution in [1.29, 1.82) is 0 Å². The van der Waals surface area contributed by atoms with Crippen molar-refractivity contribution in [3.63, 3.8) is 0 Å². The van der Waals surface area contributed by atoms with E-state index in [2.05, 4.69) is 15.1 Å². The van der Waals surface area contributed by atoms with Gasteiger partial charge in [0.25, 0.3) is 10.0 Å². The molecule has 6 nitrogen and oxygen atoms in total. The van der Waals surface area contributed by atoms with E-state index in [1.165, 1.54) is 6.07 Å². The van der Waals surface area contributed by atoms with Crippen LogP contribution in [0.5, 0.6) is 0 Å². The quantitative estimate of drug-likeness (QED) is 0.784. The molecular weight excluding hydrogens is 405 g/mol. The molecule has 0 saturated heterocycles. The van der Waals surface area contributed by atoms with Crippen molar-refractivity contribution in [3.8, 4) is 0 Å². The minimum Gasteiger partial charge on any atom is -0.279 e. The molecular formula is C16H14ClF3N4O2S. The molecule has 0 amide bonds. The molecule has 0 unspecified atom stereocenters. The molecule has 2 aromatic rings. The fourth-order valence-electron chi connectivity index (χ4n) is 2.45. The van der Waals surface area contributed by atoms with Gasteiger partial charge in [-0.3, -0.25) is 9.73 Å². The van der Waals surface area contributed by atoms with E-state index in [0.717, 1.165) is 24.3 Å². The highest BCUT2D eigenvalue weighted by atomic mass is 35.5. The molecule has 0 bridgehead atoms. The van der Waals surface area contributed by atoms with Gasteiger partial charge in [-0.05, 0) is 42.0 Å². The first-order chi connectivity index (χ1) is 12.6. The van der Waals surface area contributed by atoms with Crippen molar-refractivity contribution in [2.75, 3.05) is 17.8 Å². The zero-order valence-electron chi connectivity index (χ0n) is 13.7. The lowest BCUT2D eigenvalue weighted by molar-refractivity contribution is -0.137. The van der Waals surface area contributed by atoms with Gasteiger partial charge < -0.3 is 0 Å². The standard InChI is InChI=1S/C16H14ClF3N4O2S/c17-13-4-1-11(10-24-8-7-21-23-24)15(9-13)22-27(25,26)14-5-2-12(3-6-14)16(18,19)20/h1-6,9,22H,7-8,10H2. The molecule has 0 fully saturated rings. The smallest absolute Gasteiger partial charge is 0.279 e. The van der Waals surface area contributed by atoms with Gasteiger partial charge in [-0.15, -0.1) is 0 Å². The number of hydrogen-bond donors (Lipinski definition) is 1. The summed E-state index contributed by atoms with van der Waals surface area (Å²) in [6, 6.07) is 7.96. The second kappa shape index (κ2) is 7.35. The summed E-state index contributed by atoms with van der Waals surface area (Å²) in [4.78, 5) is -0.290. The molecule has 1 heterocycles. The van der Waals surface area contributed by atoms with E-state index in [1.807, 2.05) is 0 Å². The van der Waals surface area contributed by atoms with Gasteiger partial charge in [0.2, 0.25) is 0 Å². The van der Waals surface area contributed by atoms with Crippen LogP contribution in [0, 0.1) is 0 Å². The van der Waals surface area contributed by atoms with E-state index < -0.39 is 21.8 Å². The van der Waals surface area contributed by atoms with Gasteiger partial charge >= 0.3 is 6.18 Å². The zero-order valence-corrected chi connectivity index (χ0v) is 15.3. The number of sulfonamides is 1. The average Bonchev–Trinajstić information content (AvgIpc) is 3.09. The number of nitrogens with one attached hydrogen (secondary N) is 1. The van der Waals surface area contributed by atoms with E-state index in [9.17, 15) is 21.6 Å². The highest BCUT2D eigenvalue weighted by Crippen LogP contribution is 2.31. The number of rotatable bonds is 5. The fraction of sp³-hybridized carbons (Fsp3) is 0.250. The Morgan fingerprint density at radius 3 is 2.44 bits per heavy atom. The van der Waals surface area contributed by atoms with Crippen LogP contribution in [-0.2, 0) is 22.7 Å². The Balaban J connectivity index is 1.86. The van der Waals surface area contributed by atoms with E-state index in [0.29, 0.717) is 30.2 Å². The topological polar surface area (TPSA) is 74.1 Å². The van der Waals surface area contributed by atoms with Crippen LogP contribution in [0.1, 0.15) is 11.1 Å². The number of halogens is 4. The van der Waals surface area contributed by atoms with Gasteiger partial charge in [0, 0.05) is 5.02 Å². The SMILES string of the molecule is O=S(=O)(Nc1cc(Cl)ccc1CN1CCN=N1)c1ccc(C(F)(F)F)cc1. The van der Waals surface area contributed by atoms with Gasteiger partial charge in [-0.25, -0.2) is 8.42 Å². The maximum Gasteiger partial charge on any atom is 0.416 e. The highest BCUT2D eigenvalue weighted by Gasteiger charge is 2.30. The molecule has 1 aliphatic heterocycles. The van der Waals surface area contributed by atoms with Gasteiger partial charge in [-0.1, -0.05) is 22.9 Å². The first-order valence-electron chi connectivity index (χ1n) is 7.76. The van der Waals surface area contributed by atoms with Crippen molar-refractivity contribution >= 4 is 27.3 Å². The Bertz CT molecular complexity index is 963. The molecule has 1 aliphatic rings. The van der Waals surface area contributed by atoms with Crippen molar-refractivity contribution in [1.82, 2.24) is 5.01 Å². The molecule has 1 N–H and O–H groups in total. The summed E-state index contributed by atoms with van der Waals surface area (Å²) in [5, 5.41) is 9.75. The lowest BCUT2D eigenvalue weighted by Crippen LogP contribution is -2.19. The monoisotopic (exact) mass is 418 g/mol. The van der Waals surface area contributed by atoms with Gasteiger partial charge in [0.05, 0.1) is 35.8 Å². The minimum absolute atomic E-state index is 0.226. The highest BCUT2D eigenvalue weighted by molar-refractivity contribution is 7.92. The molecule has 0 radical (unpaired) electrons. The van der Waals surface area contributed by atoms with Crippen LogP contribution in [0.2, 0.25) is 5.02 Å². The van der Waals surface area contributed by atoms with Gasteiger partial charge in [0.1, 0.15) is 0 Å². The Kier molecular flexibility index (Phi) is 5.29. The lowest BCUT2D eigenvalue weighted by atomic mass is 10.2. The number of anilines is 1. The summed E-state index contributed by atoms with van der Waals surface area (Å²) in [5.41, 5.74) is -0.0930. The molecule has 3 rings (SSSR count). The minimum atomic E-state index is -4.54. The lowest BCUT2D eigenvalue weighted by Gasteiger charge is -2.17. The van der Waals surface area contributed by atoms with Crippen LogP contribution in [0.25, 0.3) is 0 Å². The first kappa shape index (κ1) is 19.4. The van der Waals surface area contributed by atoms with E-state index in [-0.39, 0.29) is 10.6 Å². The summed E-state index contributed by atoms with van der Waals surface area (Å²) in [6.07, 6.45) is -4.54. The normalized spacial score (nSPS) is 14.6. The molecule has 11 heteroatoms. The largest absolute Gasteiger partial charge is 0.416 e. The summed E-state index contributed by atoms with van der Waals surface area (Å²) in [6.45, 7) is 1.47. The molecule has 27 heavy (non-hydrogen) atoms. The van der Waals surface area contributed by atoms with Crippen LogP contribution in [0.15, 0.2) is 57.7 Å². The summed E-state index contributed by atoms with van der Waals surface area (Å²) < 4.78 is 65.5. The molecule has 0 saturated carbocycles. The number of alkyl halides is 3. The van der Waals surface area contributed by atoms with Crippen LogP contribution in [0.3, 0.4) is 0 Å². The Hall–Kier alpha value is -2.33. The first-order valence-corrected chi connectivity index (χ1v) is 9.62. The second-order valence-corrected chi connectivity index (χ2v) is 7.89. The third-order valence-electron chi connectivity index (χ3n) is 3.81. The predicted molar refractivity (Wildman–Crippen MR) is 93.8 cm³/mol. The van der Waals surface area contributed by atoms with E-state index in [4.69, 9.17) is 11.6 Å². The Labute approximate surface area is 158 Å². The number of hydrogen-bond acceptors (Lipinski definition) is 5. The second-order valence-electron chi connectivity index (χ2n) is 5.77. The predicted octanol–water partition coefficient (Wildman–Crippen LogP) is 4.34. The zero-order chi connectivity index (χ0) is 19.7. The van der Waals surface area contributed by atoms with E-state index in [1.54, 1.807) is 17.1 Å². The third kappa shape index (κ3) is 4.69. The third-order valence-corrected chi connectivity index (χ3v) is 5.43. The van der Waals surface area contributed by atoms with Crippen LogP contribution >= 0.6 is 11.6 Å². The molecule has 0 spiro atoms. The maximum absolute atomic E-state index is 12.7. The molecule has 0 aromatic heterocycles. The molecule has 2 aromatic carbocycles. The van der Waals surface area contributed by atoms with Crippen molar-refractivity contribution in [2.45, 2.75) is 17.6 Å². The molecule has 0 atom stereocenters. The summed E-state index contributed by atoms with van der Waals surface area (Å²) in [7, 11) is -4.10. The van der Waals surface area contributed by atoms with Gasteiger partial charge in [-0.2, -0.15) is 18.3 Å². The van der Waals surface area contributed by atoms with Crippen molar-refractivity contribution < 1.29 is 21.6 Å². The Morgan fingerprint density at radius 2 is 1.85 bits per heavy atom. The summed E-state index contributed by atoms with van der Waals surface area (Å²) in [5.74, 6) is 0. The van der Waals surface area contributed by atoms with Crippen LogP contribution < -0.4 is 4.72 Å². The number of nitrogens with zero attached hydrogens (tertiary/aromatic N) is 3. The van der Waals surface area contributed by atoms with Crippen molar-refractivity contribution in [3.05, 3.63) is 58.6 Å². The van der Waals surface area contributed by atoms with Crippen LogP contribution in [0.4, 0.5) is 18.9 Å².